The van der Waals surface area contributed by atoms with E-state index in [1.165, 1.54) is 0 Å². The number of nitrogens with one attached hydrogen (secondary N) is 2. The molecule has 4 rings (SSSR count). The summed E-state index contributed by atoms with van der Waals surface area (Å²) in [5, 5.41) is 6.71. The summed E-state index contributed by atoms with van der Waals surface area (Å²) < 4.78 is 31.0. The van der Waals surface area contributed by atoms with E-state index in [1.54, 1.807) is 31.6 Å². The minimum absolute atomic E-state index is 0.0450. The van der Waals surface area contributed by atoms with Crippen LogP contribution in [-0.4, -0.2) is 46.3 Å². The van der Waals surface area contributed by atoms with Gasteiger partial charge in [0.15, 0.2) is 11.7 Å². The zero-order valence-corrected chi connectivity index (χ0v) is 17.3. The van der Waals surface area contributed by atoms with E-state index >= 15 is 0 Å². The van der Waals surface area contributed by atoms with Gasteiger partial charge in [-0.2, -0.15) is 0 Å². The van der Waals surface area contributed by atoms with Crippen LogP contribution >= 0.6 is 0 Å². The summed E-state index contributed by atoms with van der Waals surface area (Å²) in [7, 11) is 0. The lowest BCUT2D eigenvalue weighted by Crippen LogP contribution is -2.44. The van der Waals surface area contributed by atoms with E-state index in [2.05, 4.69) is 25.6 Å². The fraction of sp³-hybridized carbons (Fsp3) is 0.455. The molecule has 0 aromatic carbocycles. The number of carbonyl (C=O) groups excluding carboxylic acids is 1. The Morgan fingerprint density at radius 2 is 1.87 bits per heavy atom. The quantitative estimate of drug-likeness (QED) is 0.590. The van der Waals surface area contributed by atoms with Crippen LogP contribution in [0.4, 0.5) is 14.6 Å². The highest BCUT2D eigenvalue weighted by molar-refractivity contribution is 5.94. The summed E-state index contributed by atoms with van der Waals surface area (Å²) in [6.07, 6.45) is 7.72. The fourth-order valence-electron chi connectivity index (χ4n) is 3.94. The van der Waals surface area contributed by atoms with E-state index in [0.29, 0.717) is 48.7 Å². The molecule has 0 saturated heterocycles. The van der Waals surface area contributed by atoms with Crippen molar-refractivity contribution in [3.8, 4) is 11.3 Å². The number of amides is 1. The van der Waals surface area contributed by atoms with E-state index in [9.17, 15) is 13.6 Å². The number of nitrogens with zero attached hydrogens (tertiary/aromatic N) is 3. The average molecular weight is 429 g/mol. The topological polar surface area (TPSA) is 92.9 Å². The normalized spacial score (nSPS) is 19.1. The van der Waals surface area contributed by atoms with Gasteiger partial charge in [0.2, 0.25) is 5.91 Å². The van der Waals surface area contributed by atoms with Gasteiger partial charge in [-0.15, -0.1) is 0 Å². The van der Waals surface area contributed by atoms with E-state index < -0.39 is 19.4 Å². The smallest absolute Gasteiger partial charge is 0.228 e. The zero-order valence-electron chi connectivity index (χ0n) is 17.3. The minimum Gasteiger partial charge on any atom is -0.441 e. The fourth-order valence-corrected chi connectivity index (χ4v) is 3.94. The van der Waals surface area contributed by atoms with Crippen LogP contribution in [0.1, 0.15) is 31.6 Å². The number of oxazole rings is 1. The second-order valence-corrected chi connectivity index (χ2v) is 7.94. The number of alkyl halides is 2. The summed E-state index contributed by atoms with van der Waals surface area (Å²) in [5.41, 5.74) is 1.50. The second kappa shape index (κ2) is 9.47. The number of hydrogen-bond acceptors (Lipinski definition) is 6. The maximum Gasteiger partial charge on any atom is 0.228 e. The standard InChI is InChI=1S/C22H25F2N5O2/c1-13-25-12-20(31-13)16-6-15-7-21(27-11-19(15)26-10-16)29-22(30)14-2-4-17(5-3-14)28-18(8-23)9-24/h6-7,10-12,14,17-18,28H,2-5,8-9H2,1H3,(H,27,29,30). The monoisotopic (exact) mass is 429 g/mol. The molecule has 3 aromatic rings. The predicted molar refractivity (Wildman–Crippen MR) is 113 cm³/mol. The first-order chi connectivity index (χ1) is 15.1. The van der Waals surface area contributed by atoms with Gasteiger partial charge in [-0.25, -0.2) is 18.7 Å². The molecule has 7 nitrogen and oxygen atoms in total. The third kappa shape index (κ3) is 5.04. The number of carbonyl (C=O) groups is 1. The molecule has 1 amide bonds. The van der Waals surface area contributed by atoms with Gasteiger partial charge < -0.3 is 15.1 Å². The molecule has 1 fully saturated rings. The molecular formula is C22H25F2N5O2. The molecule has 3 heterocycles. The van der Waals surface area contributed by atoms with Crippen LogP contribution in [0.2, 0.25) is 0 Å². The van der Waals surface area contributed by atoms with Gasteiger partial charge in [-0.05, 0) is 37.8 Å². The molecule has 0 bridgehead atoms. The number of anilines is 1. The largest absolute Gasteiger partial charge is 0.441 e. The third-order valence-electron chi connectivity index (χ3n) is 5.67. The summed E-state index contributed by atoms with van der Waals surface area (Å²) in [6.45, 7) is 0.327. The van der Waals surface area contributed by atoms with Gasteiger partial charge in [0.25, 0.3) is 0 Å². The van der Waals surface area contributed by atoms with Crippen molar-refractivity contribution in [3.05, 3.63) is 36.6 Å². The van der Waals surface area contributed by atoms with Crippen molar-refractivity contribution >= 4 is 22.6 Å². The van der Waals surface area contributed by atoms with Crippen molar-refractivity contribution in [2.75, 3.05) is 18.7 Å². The number of hydrogen-bond donors (Lipinski definition) is 2. The molecule has 0 aliphatic heterocycles. The third-order valence-corrected chi connectivity index (χ3v) is 5.67. The van der Waals surface area contributed by atoms with Gasteiger partial charge in [0, 0.05) is 36.0 Å². The van der Waals surface area contributed by atoms with Crippen molar-refractivity contribution in [1.29, 1.82) is 0 Å². The Balaban J connectivity index is 1.39. The van der Waals surface area contributed by atoms with Crippen molar-refractivity contribution in [1.82, 2.24) is 20.3 Å². The lowest BCUT2D eigenvalue weighted by Gasteiger charge is -2.30. The molecule has 0 atom stereocenters. The van der Waals surface area contributed by atoms with Crippen LogP contribution < -0.4 is 10.6 Å². The van der Waals surface area contributed by atoms with Crippen molar-refractivity contribution < 1.29 is 18.0 Å². The molecule has 1 aliphatic rings. The number of aryl methyl sites for hydroxylation is 1. The second-order valence-electron chi connectivity index (χ2n) is 7.94. The van der Waals surface area contributed by atoms with Gasteiger partial charge in [-0.1, -0.05) is 0 Å². The maximum absolute atomic E-state index is 12.7. The molecule has 0 radical (unpaired) electrons. The van der Waals surface area contributed by atoms with Crippen molar-refractivity contribution in [2.24, 2.45) is 5.92 Å². The number of halogens is 2. The molecule has 0 unspecified atom stereocenters. The highest BCUT2D eigenvalue weighted by Crippen LogP contribution is 2.27. The van der Waals surface area contributed by atoms with Gasteiger partial charge >= 0.3 is 0 Å². The first-order valence-corrected chi connectivity index (χ1v) is 10.4. The van der Waals surface area contributed by atoms with Crippen LogP contribution in [0.15, 0.2) is 35.1 Å². The highest BCUT2D eigenvalue weighted by atomic mass is 19.1. The van der Waals surface area contributed by atoms with Crippen LogP contribution in [0.25, 0.3) is 22.2 Å². The Morgan fingerprint density at radius 3 is 2.55 bits per heavy atom. The molecule has 3 aromatic heterocycles. The number of fused-ring (bicyclic) bond motifs is 1. The van der Waals surface area contributed by atoms with Crippen LogP contribution in [0, 0.1) is 12.8 Å². The molecule has 1 aliphatic carbocycles. The summed E-state index contributed by atoms with van der Waals surface area (Å²) in [5.74, 6) is 1.43. The van der Waals surface area contributed by atoms with Crippen molar-refractivity contribution in [2.45, 2.75) is 44.7 Å². The predicted octanol–water partition coefficient (Wildman–Crippen LogP) is 3.99. The lowest BCUT2D eigenvalue weighted by atomic mass is 9.85. The molecule has 164 valence electrons. The number of pyridine rings is 2. The first-order valence-electron chi connectivity index (χ1n) is 10.4. The van der Waals surface area contributed by atoms with Crippen LogP contribution in [-0.2, 0) is 4.79 Å². The molecule has 2 N–H and O–H groups in total. The van der Waals surface area contributed by atoms with E-state index in [-0.39, 0.29) is 17.9 Å². The van der Waals surface area contributed by atoms with Gasteiger partial charge in [-0.3, -0.25) is 9.78 Å². The maximum atomic E-state index is 12.7. The minimum atomic E-state index is -0.753. The SMILES string of the molecule is Cc1ncc(-c2cnc3cnc(NC(=O)C4CCC(NC(CF)CF)CC4)cc3c2)o1. The Morgan fingerprint density at radius 1 is 1.10 bits per heavy atom. The molecular weight excluding hydrogens is 404 g/mol. The Hall–Kier alpha value is -2.94. The Labute approximate surface area is 178 Å². The van der Waals surface area contributed by atoms with Gasteiger partial charge in [0.1, 0.15) is 19.2 Å². The van der Waals surface area contributed by atoms with Gasteiger partial charge in [0.05, 0.1) is 24.0 Å². The lowest BCUT2D eigenvalue weighted by molar-refractivity contribution is -0.120. The first kappa shape index (κ1) is 21.3. The van der Waals surface area contributed by atoms with E-state index in [1.807, 2.05) is 6.07 Å². The highest BCUT2D eigenvalue weighted by Gasteiger charge is 2.27. The summed E-state index contributed by atoms with van der Waals surface area (Å²) >= 11 is 0. The van der Waals surface area contributed by atoms with Crippen LogP contribution in [0.3, 0.4) is 0 Å². The zero-order chi connectivity index (χ0) is 21.8. The summed E-state index contributed by atoms with van der Waals surface area (Å²) in [6, 6.07) is 3.00. The van der Waals surface area contributed by atoms with Crippen LogP contribution in [0.5, 0.6) is 0 Å². The van der Waals surface area contributed by atoms with E-state index in [4.69, 9.17) is 4.42 Å². The van der Waals surface area contributed by atoms with Crippen molar-refractivity contribution in [3.63, 3.8) is 0 Å². The van der Waals surface area contributed by atoms with E-state index in [0.717, 1.165) is 10.9 Å². The Bertz CT molecular complexity index is 1050. The molecule has 31 heavy (non-hydrogen) atoms. The molecule has 9 heteroatoms. The molecule has 0 spiro atoms. The Kier molecular flexibility index (Phi) is 6.50. The number of aromatic nitrogens is 3. The number of rotatable bonds is 7. The average Bonchev–Trinajstić information content (AvgIpc) is 3.23. The summed E-state index contributed by atoms with van der Waals surface area (Å²) in [4.78, 5) is 25.5. The molecule has 1 saturated carbocycles.